The zero-order chi connectivity index (χ0) is 14.5. The van der Waals surface area contributed by atoms with Crippen molar-refractivity contribution in [3.8, 4) is 0 Å². The minimum atomic E-state index is -3.52. The number of hydrogen-bond acceptors (Lipinski definition) is 4. The first-order valence-corrected chi connectivity index (χ1v) is 7.41. The lowest BCUT2D eigenvalue weighted by Crippen LogP contribution is -2.18. The number of carbonyl (C=O) groups is 1. The molecule has 2 N–H and O–H groups in total. The first kappa shape index (κ1) is 15.7. The van der Waals surface area contributed by atoms with Crippen LogP contribution in [-0.4, -0.2) is 39.0 Å². The van der Waals surface area contributed by atoms with Gasteiger partial charge in [0.25, 0.3) is 0 Å². The van der Waals surface area contributed by atoms with Gasteiger partial charge in [-0.15, -0.1) is 0 Å². The predicted molar refractivity (Wildman–Crippen MR) is 72.3 cm³/mol. The Morgan fingerprint density at radius 2 is 2.16 bits per heavy atom. The number of nitrogens with one attached hydrogen (secondary N) is 1. The van der Waals surface area contributed by atoms with Gasteiger partial charge in [0.1, 0.15) is 0 Å². The highest BCUT2D eigenvalue weighted by Crippen LogP contribution is 2.24. The summed E-state index contributed by atoms with van der Waals surface area (Å²) in [6.45, 7) is 0.340. The van der Waals surface area contributed by atoms with Crippen LogP contribution < -0.4 is 4.72 Å². The standard InChI is InChI=1S/C11H14ClNO5S/c1-18-5-2-6-19(16,17)13-10-4-3-8(11(14)15)7-9(10)12/h3-4,7,13H,2,5-6H2,1H3,(H,14,15). The molecule has 0 amide bonds. The smallest absolute Gasteiger partial charge is 0.335 e. The maximum Gasteiger partial charge on any atom is 0.335 e. The van der Waals surface area contributed by atoms with Crippen molar-refractivity contribution < 1.29 is 23.1 Å². The van der Waals surface area contributed by atoms with Gasteiger partial charge in [-0.2, -0.15) is 0 Å². The van der Waals surface area contributed by atoms with Crippen LogP contribution >= 0.6 is 11.6 Å². The molecule has 0 aliphatic heterocycles. The molecule has 0 unspecified atom stereocenters. The van der Waals surface area contributed by atoms with Gasteiger partial charge in [-0.1, -0.05) is 11.6 Å². The van der Waals surface area contributed by atoms with Crippen molar-refractivity contribution in [2.75, 3.05) is 24.2 Å². The highest BCUT2D eigenvalue weighted by molar-refractivity contribution is 7.92. The fourth-order valence-electron chi connectivity index (χ4n) is 1.34. The Hall–Kier alpha value is -1.31. The lowest BCUT2D eigenvalue weighted by atomic mass is 10.2. The van der Waals surface area contributed by atoms with E-state index in [1.54, 1.807) is 0 Å². The summed E-state index contributed by atoms with van der Waals surface area (Å²) < 4.78 is 30.5. The number of halogens is 1. The Labute approximate surface area is 116 Å². The number of rotatable bonds is 7. The van der Waals surface area contributed by atoms with Crippen LogP contribution in [0.4, 0.5) is 5.69 Å². The van der Waals surface area contributed by atoms with Crippen molar-refractivity contribution in [3.05, 3.63) is 28.8 Å². The molecule has 0 heterocycles. The highest BCUT2D eigenvalue weighted by Gasteiger charge is 2.13. The summed E-state index contributed by atoms with van der Waals surface area (Å²) in [7, 11) is -2.04. The van der Waals surface area contributed by atoms with E-state index in [1.165, 1.54) is 25.3 Å². The number of sulfonamides is 1. The molecule has 0 spiro atoms. The first-order valence-electron chi connectivity index (χ1n) is 5.38. The molecule has 1 rings (SSSR count). The fourth-order valence-corrected chi connectivity index (χ4v) is 2.74. The van der Waals surface area contributed by atoms with E-state index in [9.17, 15) is 13.2 Å². The molecule has 0 aromatic heterocycles. The summed E-state index contributed by atoms with van der Waals surface area (Å²) in [6.07, 6.45) is 0.358. The molecule has 1 aromatic rings. The van der Waals surface area contributed by atoms with Crippen LogP contribution in [0.2, 0.25) is 5.02 Å². The number of anilines is 1. The molecule has 0 atom stereocenters. The second-order valence-corrected chi connectivity index (χ2v) is 6.02. The normalized spacial score (nSPS) is 11.3. The van der Waals surface area contributed by atoms with Crippen molar-refractivity contribution in [1.82, 2.24) is 0 Å². The van der Waals surface area contributed by atoms with Gasteiger partial charge in [-0.05, 0) is 24.6 Å². The molecule has 19 heavy (non-hydrogen) atoms. The average Bonchev–Trinajstić information content (AvgIpc) is 2.31. The third kappa shape index (κ3) is 5.06. The van der Waals surface area contributed by atoms with Crippen LogP contribution in [0.15, 0.2) is 18.2 Å². The topological polar surface area (TPSA) is 92.7 Å². The molecule has 0 fully saturated rings. The van der Waals surface area contributed by atoms with Crippen molar-refractivity contribution in [3.63, 3.8) is 0 Å². The van der Waals surface area contributed by atoms with Gasteiger partial charge in [0, 0.05) is 13.7 Å². The minimum absolute atomic E-state index is 0.00710. The Morgan fingerprint density at radius 1 is 1.47 bits per heavy atom. The van der Waals surface area contributed by atoms with E-state index >= 15 is 0 Å². The Balaban J connectivity index is 2.79. The molecule has 8 heteroatoms. The maximum atomic E-state index is 11.7. The number of ether oxygens (including phenoxy) is 1. The minimum Gasteiger partial charge on any atom is -0.478 e. The van der Waals surface area contributed by atoms with E-state index in [1.807, 2.05) is 0 Å². The van der Waals surface area contributed by atoms with Crippen LogP contribution in [0.5, 0.6) is 0 Å². The van der Waals surface area contributed by atoms with Gasteiger partial charge < -0.3 is 9.84 Å². The SMILES string of the molecule is COCCCS(=O)(=O)Nc1ccc(C(=O)O)cc1Cl. The van der Waals surface area contributed by atoms with Gasteiger partial charge in [-0.25, -0.2) is 13.2 Å². The number of carboxylic acids is 1. The van der Waals surface area contributed by atoms with Gasteiger partial charge in [0.15, 0.2) is 0 Å². The van der Waals surface area contributed by atoms with Crippen LogP contribution in [0.1, 0.15) is 16.8 Å². The fraction of sp³-hybridized carbons (Fsp3) is 0.364. The average molecular weight is 308 g/mol. The summed E-state index contributed by atoms with van der Waals surface area (Å²) in [4.78, 5) is 10.7. The van der Waals surface area contributed by atoms with Gasteiger partial charge >= 0.3 is 5.97 Å². The zero-order valence-corrected chi connectivity index (χ0v) is 11.8. The van der Waals surface area contributed by atoms with Gasteiger partial charge in [0.2, 0.25) is 10.0 Å². The molecule has 0 aliphatic rings. The van der Waals surface area contributed by atoms with E-state index in [0.29, 0.717) is 13.0 Å². The molecule has 0 bridgehead atoms. The van der Waals surface area contributed by atoms with E-state index in [2.05, 4.69) is 4.72 Å². The Kier molecular flexibility index (Phi) is 5.59. The summed E-state index contributed by atoms with van der Waals surface area (Å²) in [5.41, 5.74) is 0.149. The van der Waals surface area contributed by atoms with Gasteiger partial charge in [0.05, 0.1) is 22.0 Å². The first-order chi connectivity index (χ1) is 8.85. The summed E-state index contributed by atoms with van der Waals surface area (Å²) in [5, 5.41) is 8.80. The number of aromatic carboxylic acids is 1. The van der Waals surface area contributed by atoms with Crippen molar-refractivity contribution in [2.24, 2.45) is 0 Å². The molecule has 0 saturated heterocycles. The molecule has 1 aromatic carbocycles. The zero-order valence-electron chi connectivity index (χ0n) is 10.2. The molecular weight excluding hydrogens is 294 g/mol. The second kappa shape index (κ2) is 6.74. The van der Waals surface area contributed by atoms with E-state index in [0.717, 1.165) is 0 Å². The third-order valence-electron chi connectivity index (χ3n) is 2.24. The van der Waals surface area contributed by atoms with Crippen LogP contribution in [0, 0.1) is 0 Å². The number of carboxylic acid groups (broad SMARTS) is 1. The third-order valence-corrected chi connectivity index (χ3v) is 3.91. The highest BCUT2D eigenvalue weighted by atomic mass is 35.5. The van der Waals surface area contributed by atoms with Gasteiger partial charge in [-0.3, -0.25) is 4.72 Å². The summed E-state index contributed by atoms with van der Waals surface area (Å²) in [6, 6.07) is 3.79. The molecule has 6 nitrogen and oxygen atoms in total. The van der Waals surface area contributed by atoms with Crippen molar-refractivity contribution in [1.29, 1.82) is 0 Å². The maximum absolute atomic E-state index is 11.7. The van der Waals surface area contributed by atoms with E-state index < -0.39 is 16.0 Å². The van der Waals surface area contributed by atoms with Crippen LogP contribution in [-0.2, 0) is 14.8 Å². The monoisotopic (exact) mass is 307 g/mol. The van der Waals surface area contributed by atoms with Crippen molar-refractivity contribution >= 4 is 33.3 Å². The molecule has 0 radical (unpaired) electrons. The van der Waals surface area contributed by atoms with Crippen LogP contribution in [0.3, 0.4) is 0 Å². The van der Waals surface area contributed by atoms with E-state index in [4.69, 9.17) is 21.4 Å². The summed E-state index contributed by atoms with van der Waals surface area (Å²) in [5.74, 6) is -1.23. The molecule has 106 valence electrons. The lowest BCUT2D eigenvalue weighted by molar-refractivity contribution is 0.0697. The Morgan fingerprint density at radius 3 is 2.68 bits per heavy atom. The summed E-state index contributed by atoms with van der Waals surface area (Å²) >= 11 is 5.83. The quantitative estimate of drug-likeness (QED) is 0.749. The van der Waals surface area contributed by atoms with Crippen molar-refractivity contribution in [2.45, 2.75) is 6.42 Å². The number of methoxy groups -OCH3 is 1. The predicted octanol–water partition coefficient (Wildman–Crippen LogP) is 1.82. The molecule has 0 aliphatic carbocycles. The van der Waals surface area contributed by atoms with E-state index in [-0.39, 0.29) is 22.0 Å². The molecule has 0 saturated carbocycles. The largest absolute Gasteiger partial charge is 0.478 e. The lowest BCUT2D eigenvalue weighted by Gasteiger charge is -2.09. The van der Waals surface area contributed by atoms with Crippen LogP contribution in [0.25, 0.3) is 0 Å². The number of hydrogen-bond donors (Lipinski definition) is 2. The molecular formula is C11H14ClNO5S. The Bertz CT molecular complexity index is 558. The number of benzene rings is 1. The second-order valence-electron chi connectivity index (χ2n) is 3.77.